The summed E-state index contributed by atoms with van der Waals surface area (Å²) in [5.41, 5.74) is 11.5. The second kappa shape index (κ2) is 11.2. The maximum atomic E-state index is 10.9. The lowest BCUT2D eigenvalue weighted by Crippen LogP contribution is -1.97. The van der Waals surface area contributed by atoms with Gasteiger partial charge in [-0.1, -0.05) is 44.9 Å². The van der Waals surface area contributed by atoms with Crippen LogP contribution in [-0.4, -0.2) is 23.1 Å². The third kappa shape index (κ3) is 7.65. The van der Waals surface area contributed by atoms with Crippen LogP contribution in [-0.2, 0) is 17.2 Å². The van der Waals surface area contributed by atoms with Crippen molar-refractivity contribution in [3.8, 4) is 5.75 Å². The first-order valence-electron chi connectivity index (χ1n) is 7.93. The van der Waals surface area contributed by atoms with E-state index >= 15 is 0 Å². The summed E-state index contributed by atoms with van der Waals surface area (Å²) in [6.07, 6.45) is 0.897. The predicted molar refractivity (Wildman–Crippen MR) is 107 cm³/mol. The van der Waals surface area contributed by atoms with Gasteiger partial charge in [0.2, 0.25) is 0 Å². The molecule has 0 saturated heterocycles. The van der Waals surface area contributed by atoms with Crippen LogP contribution in [0.15, 0.2) is 47.6 Å². The van der Waals surface area contributed by atoms with Crippen LogP contribution in [0.25, 0.3) is 10.4 Å². The molecule has 0 fully saturated rings. The van der Waals surface area contributed by atoms with Crippen LogP contribution < -0.4 is 4.74 Å². The lowest BCUT2D eigenvalue weighted by Gasteiger charge is -2.10. The Balaban J connectivity index is 2.01. The first-order valence-corrected chi connectivity index (χ1v) is 10.4. The summed E-state index contributed by atoms with van der Waals surface area (Å²) < 4.78 is 5.79. The van der Waals surface area contributed by atoms with Crippen LogP contribution in [0, 0.1) is 0 Å². The SMILES string of the molecule is [N-]=[N+]=Nc1cc(CSSCCC(=O)O)cc(OCc2cccc(C=O)c2)c1. The Labute approximate surface area is 164 Å². The zero-order valence-corrected chi connectivity index (χ0v) is 15.9. The maximum absolute atomic E-state index is 10.9. The standard InChI is InChI=1S/C18H17N3O4S2/c19-21-20-16-7-15(12-27-26-5-4-18(23)24)8-17(9-16)25-11-14-3-1-2-13(6-14)10-22/h1-3,6-10H,4-5,11-12H2,(H,23,24). The number of aldehydes is 1. The maximum Gasteiger partial charge on any atom is 0.304 e. The molecule has 0 aliphatic carbocycles. The molecule has 0 unspecified atom stereocenters. The number of carbonyl (C=O) groups is 2. The van der Waals surface area contributed by atoms with Gasteiger partial charge < -0.3 is 9.84 Å². The number of azide groups is 1. The molecule has 0 amide bonds. The average molecular weight is 403 g/mol. The second-order valence-corrected chi connectivity index (χ2v) is 7.99. The van der Waals surface area contributed by atoms with Crippen molar-refractivity contribution >= 4 is 39.5 Å². The van der Waals surface area contributed by atoms with Crippen LogP contribution in [0.2, 0.25) is 0 Å². The Bertz CT molecular complexity index is 854. The van der Waals surface area contributed by atoms with Gasteiger partial charge in [0.25, 0.3) is 0 Å². The van der Waals surface area contributed by atoms with E-state index in [1.165, 1.54) is 21.6 Å². The summed E-state index contributed by atoms with van der Waals surface area (Å²) in [5, 5.41) is 12.3. The fourth-order valence-electron chi connectivity index (χ4n) is 2.14. The quantitative estimate of drug-likeness (QED) is 0.135. The summed E-state index contributed by atoms with van der Waals surface area (Å²) >= 11 is 0. The van der Waals surface area contributed by atoms with Crippen molar-refractivity contribution in [2.24, 2.45) is 5.11 Å². The third-order valence-corrected chi connectivity index (χ3v) is 5.65. The molecule has 0 heterocycles. The Morgan fingerprint density at radius 2 is 2.07 bits per heavy atom. The summed E-state index contributed by atoms with van der Waals surface area (Å²) in [6.45, 7) is 0.279. The summed E-state index contributed by atoms with van der Waals surface area (Å²) in [7, 11) is 3.00. The number of hydrogen-bond acceptors (Lipinski definition) is 6. The topological polar surface area (TPSA) is 112 Å². The first-order chi connectivity index (χ1) is 13.1. The average Bonchev–Trinajstić information content (AvgIpc) is 2.66. The Kier molecular flexibility index (Phi) is 8.57. The molecule has 2 rings (SSSR count). The van der Waals surface area contributed by atoms with E-state index in [1.54, 1.807) is 30.3 Å². The molecular weight excluding hydrogens is 386 g/mol. The van der Waals surface area contributed by atoms with Crippen molar-refractivity contribution < 1.29 is 19.4 Å². The molecule has 0 atom stereocenters. The molecule has 0 aliphatic rings. The Morgan fingerprint density at radius 3 is 2.81 bits per heavy atom. The highest BCUT2D eigenvalue weighted by Crippen LogP contribution is 2.31. The van der Waals surface area contributed by atoms with Gasteiger partial charge in [-0.05, 0) is 40.9 Å². The lowest BCUT2D eigenvalue weighted by atomic mass is 10.1. The number of carboxylic acids is 1. The molecule has 1 N–H and O–H groups in total. The van der Waals surface area contributed by atoms with E-state index in [-0.39, 0.29) is 13.0 Å². The van der Waals surface area contributed by atoms with Gasteiger partial charge in [0, 0.05) is 27.7 Å². The minimum atomic E-state index is -0.817. The van der Waals surface area contributed by atoms with E-state index in [0.29, 0.717) is 28.5 Å². The normalized spacial score (nSPS) is 10.1. The van der Waals surface area contributed by atoms with Crippen molar-refractivity contribution in [2.45, 2.75) is 18.8 Å². The predicted octanol–water partition coefficient (Wildman–Crippen LogP) is 5.38. The molecule has 0 aliphatic heterocycles. The first kappa shape index (κ1) is 20.7. The molecule has 2 aromatic carbocycles. The van der Waals surface area contributed by atoms with Crippen LogP contribution in [0.4, 0.5) is 5.69 Å². The van der Waals surface area contributed by atoms with Gasteiger partial charge in [-0.25, -0.2) is 0 Å². The highest BCUT2D eigenvalue weighted by molar-refractivity contribution is 8.76. The van der Waals surface area contributed by atoms with Crippen LogP contribution >= 0.6 is 21.6 Å². The molecule has 0 spiro atoms. The highest BCUT2D eigenvalue weighted by atomic mass is 33.1. The number of carboxylic acid groups (broad SMARTS) is 1. The fraction of sp³-hybridized carbons (Fsp3) is 0.222. The number of rotatable bonds is 11. The van der Waals surface area contributed by atoms with Crippen molar-refractivity contribution in [1.29, 1.82) is 0 Å². The van der Waals surface area contributed by atoms with E-state index in [2.05, 4.69) is 10.0 Å². The largest absolute Gasteiger partial charge is 0.489 e. The van der Waals surface area contributed by atoms with E-state index in [1.807, 2.05) is 12.1 Å². The van der Waals surface area contributed by atoms with Gasteiger partial charge in [0.15, 0.2) is 0 Å². The van der Waals surface area contributed by atoms with Crippen molar-refractivity contribution in [1.82, 2.24) is 0 Å². The van der Waals surface area contributed by atoms with Gasteiger partial charge in [-0.15, -0.1) is 0 Å². The molecule has 9 heteroatoms. The smallest absolute Gasteiger partial charge is 0.304 e. The van der Waals surface area contributed by atoms with Crippen LogP contribution in [0.3, 0.4) is 0 Å². The highest BCUT2D eigenvalue weighted by Gasteiger charge is 2.04. The van der Waals surface area contributed by atoms with E-state index in [9.17, 15) is 9.59 Å². The van der Waals surface area contributed by atoms with Crippen molar-refractivity contribution in [3.63, 3.8) is 0 Å². The zero-order chi connectivity index (χ0) is 19.5. The molecule has 140 valence electrons. The number of aliphatic carboxylic acids is 1. The van der Waals surface area contributed by atoms with Gasteiger partial charge >= 0.3 is 5.97 Å². The number of hydrogen-bond donors (Lipinski definition) is 1. The molecule has 0 bridgehead atoms. The minimum absolute atomic E-state index is 0.116. The number of nitrogens with zero attached hydrogens (tertiary/aromatic N) is 3. The van der Waals surface area contributed by atoms with E-state index < -0.39 is 5.97 Å². The molecule has 0 aromatic heterocycles. The van der Waals surface area contributed by atoms with E-state index in [0.717, 1.165) is 17.4 Å². The van der Waals surface area contributed by atoms with Gasteiger partial charge in [0.1, 0.15) is 18.6 Å². The summed E-state index contributed by atoms with van der Waals surface area (Å²) in [4.78, 5) is 24.2. The zero-order valence-electron chi connectivity index (χ0n) is 14.3. The summed E-state index contributed by atoms with van der Waals surface area (Å²) in [5.74, 6) is 0.882. The van der Waals surface area contributed by atoms with Crippen molar-refractivity contribution in [3.05, 3.63) is 69.6 Å². The molecular formula is C18H17N3O4S2. The van der Waals surface area contributed by atoms with Crippen molar-refractivity contribution in [2.75, 3.05) is 5.75 Å². The monoisotopic (exact) mass is 403 g/mol. The van der Waals surface area contributed by atoms with Gasteiger partial charge in [-0.2, -0.15) is 0 Å². The van der Waals surface area contributed by atoms with Gasteiger partial charge in [-0.3, -0.25) is 9.59 Å². The molecule has 27 heavy (non-hydrogen) atoms. The summed E-state index contributed by atoms with van der Waals surface area (Å²) in [6, 6.07) is 12.4. The minimum Gasteiger partial charge on any atom is -0.489 e. The Morgan fingerprint density at radius 1 is 1.22 bits per heavy atom. The molecule has 0 radical (unpaired) electrons. The van der Waals surface area contributed by atoms with Crippen LogP contribution in [0.5, 0.6) is 5.75 Å². The third-order valence-electron chi connectivity index (χ3n) is 3.31. The van der Waals surface area contributed by atoms with E-state index in [4.69, 9.17) is 15.4 Å². The Hall–Kier alpha value is -2.61. The molecule has 7 nitrogen and oxygen atoms in total. The van der Waals surface area contributed by atoms with Crippen LogP contribution in [0.1, 0.15) is 27.9 Å². The number of carbonyl (C=O) groups excluding carboxylic acids is 1. The number of ether oxygens (including phenoxy) is 1. The molecule has 2 aromatic rings. The molecule has 0 saturated carbocycles. The van der Waals surface area contributed by atoms with Gasteiger partial charge in [0.05, 0.1) is 6.42 Å². The lowest BCUT2D eigenvalue weighted by molar-refractivity contribution is -0.136. The fourth-order valence-corrected chi connectivity index (χ4v) is 4.16. The second-order valence-electron chi connectivity index (χ2n) is 5.40. The number of benzene rings is 2.